The van der Waals surface area contributed by atoms with Gasteiger partial charge >= 0.3 is 0 Å². The van der Waals surface area contributed by atoms with E-state index in [0.717, 1.165) is 6.07 Å². The lowest BCUT2D eigenvalue weighted by Crippen LogP contribution is -2.14. The van der Waals surface area contributed by atoms with Crippen molar-refractivity contribution in [1.82, 2.24) is 0 Å². The van der Waals surface area contributed by atoms with Crippen molar-refractivity contribution < 1.29 is 9.18 Å². The number of nitrogens with zero attached hydrogens (tertiary/aromatic N) is 1. The molecule has 2 aromatic rings. The summed E-state index contributed by atoms with van der Waals surface area (Å²) in [6.07, 6.45) is 0. The van der Waals surface area contributed by atoms with Crippen LogP contribution in [0.4, 0.5) is 10.1 Å². The highest BCUT2D eigenvalue weighted by Gasteiger charge is 2.13. The number of nitriles is 1. The van der Waals surface area contributed by atoms with Gasteiger partial charge in [0, 0.05) is 8.59 Å². The highest BCUT2D eigenvalue weighted by Crippen LogP contribution is 2.21. The minimum absolute atomic E-state index is 0.0183. The molecule has 0 saturated heterocycles. The maximum atomic E-state index is 13.7. The van der Waals surface area contributed by atoms with Crippen LogP contribution in [-0.2, 0) is 0 Å². The summed E-state index contributed by atoms with van der Waals surface area (Å²) in [7, 11) is 0. The molecule has 0 aliphatic rings. The molecule has 3 nitrogen and oxygen atoms in total. The fraction of sp³-hybridized carbons (Fsp3) is 0. The Balaban J connectivity index is 2.28. The molecular formula is C14H7ClFIN2O. The smallest absolute Gasteiger partial charge is 0.256 e. The predicted octanol–water partition coefficient (Wildman–Crippen LogP) is 4.21. The van der Waals surface area contributed by atoms with Gasteiger partial charge in [-0.15, -0.1) is 0 Å². The quantitative estimate of drug-likeness (QED) is 0.768. The summed E-state index contributed by atoms with van der Waals surface area (Å²) in [6, 6.07) is 10.6. The Hall–Kier alpha value is -1.65. The fourth-order valence-electron chi connectivity index (χ4n) is 1.55. The summed E-state index contributed by atoms with van der Waals surface area (Å²) < 4.78 is 14.4. The van der Waals surface area contributed by atoms with Crippen LogP contribution in [0.2, 0.25) is 5.02 Å². The van der Waals surface area contributed by atoms with Gasteiger partial charge < -0.3 is 5.32 Å². The van der Waals surface area contributed by atoms with Gasteiger partial charge in [-0.2, -0.15) is 5.26 Å². The predicted molar refractivity (Wildman–Crippen MR) is 83.2 cm³/mol. The molecule has 100 valence electrons. The Morgan fingerprint density at radius 2 is 2.05 bits per heavy atom. The molecule has 0 aliphatic heterocycles. The van der Waals surface area contributed by atoms with Crippen LogP contribution < -0.4 is 5.32 Å². The van der Waals surface area contributed by atoms with Crippen molar-refractivity contribution in [2.24, 2.45) is 0 Å². The number of carbonyl (C=O) groups is 1. The molecule has 0 atom stereocenters. The van der Waals surface area contributed by atoms with Crippen LogP contribution in [0.25, 0.3) is 0 Å². The van der Waals surface area contributed by atoms with E-state index >= 15 is 0 Å². The average Bonchev–Trinajstić information content (AvgIpc) is 2.43. The van der Waals surface area contributed by atoms with Crippen molar-refractivity contribution >= 4 is 45.8 Å². The average molecular weight is 401 g/mol. The third-order valence-electron chi connectivity index (χ3n) is 2.52. The second-order valence-corrected chi connectivity index (χ2v) is 5.48. The van der Waals surface area contributed by atoms with E-state index in [-0.39, 0.29) is 11.3 Å². The van der Waals surface area contributed by atoms with E-state index in [4.69, 9.17) is 16.9 Å². The number of anilines is 1. The number of benzene rings is 2. The number of rotatable bonds is 2. The van der Waals surface area contributed by atoms with Crippen LogP contribution in [0.3, 0.4) is 0 Å². The lowest BCUT2D eigenvalue weighted by Gasteiger charge is -2.08. The highest BCUT2D eigenvalue weighted by atomic mass is 127. The van der Waals surface area contributed by atoms with E-state index in [1.165, 1.54) is 18.2 Å². The van der Waals surface area contributed by atoms with Gasteiger partial charge in [-0.1, -0.05) is 11.6 Å². The standard InChI is InChI=1S/C14H7ClFIN2O/c15-9-2-3-12(17)10(6-9)14(20)19-13-4-1-8(7-18)5-11(13)16/h1-6H,(H,19,20). The van der Waals surface area contributed by atoms with Crippen molar-refractivity contribution in [3.05, 3.63) is 61.9 Å². The molecule has 0 saturated carbocycles. The van der Waals surface area contributed by atoms with Gasteiger partial charge in [-0.3, -0.25) is 4.79 Å². The second-order valence-electron chi connectivity index (χ2n) is 3.88. The van der Waals surface area contributed by atoms with E-state index in [1.54, 1.807) is 12.1 Å². The van der Waals surface area contributed by atoms with Gasteiger partial charge in [0.15, 0.2) is 0 Å². The zero-order chi connectivity index (χ0) is 14.7. The largest absolute Gasteiger partial charge is 0.319 e. The zero-order valence-corrected chi connectivity index (χ0v) is 12.9. The van der Waals surface area contributed by atoms with Crippen molar-refractivity contribution in [3.63, 3.8) is 0 Å². The summed E-state index contributed by atoms with van der Waals surface area (Å²) in [5.41, 5.74) is 0.574. The van der Waals surface area contributed by atoms with Crippen molar-refractivity contribution in [2.75, 3.05) is 5.32 Å². The second kappa shape index (κ2) is 6.20. The van der Waals surface area contributed by atoms with Crippen molar-refractivity contribution in [1.29, 1.82) is 5.26 Å². The van der Waals surface area contributed by atoms with E-state index in [0.29, 0.717) is 14.2 Å². The Kier molecular flexibility index (Phi) is 4.57. The normalized spacial score (nSPS) is 9.90. The Morgan fingerprint density at radius 3 is 2.70 bits per heavy atom. The lowest BCUT2D eigenvalue weighted by molar-refractivity contribution is 0.102. The first kappa shape index (κ1) is 14.8. The van der Waals surface area contributed by atoms with E-state index in [9.17, 15) is 9.18 Å². The summed E-state index contributed by atoms with van der Waals surface area (Å²) in [5, 5.41) is 11.5. The van der Waals surface area contributed by atoms with E-state index < -0.39 is 11.7 Å². The number of amides is 1. The van der Waals surface area contributed by atoms with Crippen LogP contribution >= 0.6 is 34.2 Å². The van der Waals surface area contributed by atoms with Gasteiger partial charge in [0.05, 0.1) is 22.9 Å². The highest BCUT2D eigenvalue weighted by molar-refractivity contribution is 14.1. The number of carbonyl (C=O) groups excluding carboxylic acids is 1. The van der Waals surface area contributed by atoms with Crippen LogP contribution in [0.15, 0.2) is 36.4 Å². The molecule has 6 heteroatoms. The van der Waals surface area contributed by atoms with Crippen LogP contribution in [0.1, 0.15) is 15.9 Å². The van der Waals surface area contributed by atoms with Gasteiger partial charge in [-0.25, -0.2) is 4.39 Å². The fourth-order valence-corrected chi connectivity index (χ4v) is 2.30. The molecule has 2 aromatic carbocycles. The topological polar surface area (TPSA) is 52.9 Å². The number of hydrogen-bond donors (Lipinski definition) is 1. The molecule has 0 bridgehead atoms. The third-order valence-corrected chi connectivity index (χ3v) is 3.70. The van der Waals surface area contributed by atoms with Crippen LogP contribution in [-0.4, -0.2) is 5.91 Å². The van der Waals surface area contributed by atoms with Crippen LogP contribution in [0.5, 0.6) is 0 Å². The van der Waals surface area contributed by atoms with Gasteiger partial charge in [-0.05, 0) is 59.0 Å². The molecule has 1 N–H and O–H groups in total. The molecule has 0 unspecified atom stereocenters. The summed E-state index contributed by atoms with van der Waals surface area (Å²) in [6.45, 7) is 0. The van der Waals surface area contributed by atoms with Gasteiger partial charge in [0.1, 0.15) is 5.82 Å². The molecule has 0 radical (unpaired) electrons. The molecule has 2 rings (SSSR count). The molecule has 0 aromatic heterocycles. The lowest BCUT2D eigenvalue weighted by atomic mass is 10.2. The zero-order valence-electron chi connectivity index (χ0n) is 9.95. The molecule has 0 aliphatic carbocycles. The maximum Gasteiger partial charge on any atom is 0.256 e. The van der Waals surface area contributed by atoms with E-state index in [2.05, 4.69) is 5.32 Å². The minimum Gasteiger partial charge on any atom is -0.319 e. The van der Waals surface area contributed by atoms with Crippen molar-refractivity contribution in [2.45, 2.75) is 0 Å². The summed E-state index contributed by atoms with van der Waals surface area (Å²) in [4.78, 5) is 12.1. The molecule has 1 amide bonds. The molecule has 20 heavy (non-hydrogen) atoms. The minimum atomic E-state index is -0.658. The first-order chi connectivity index (χ1) is 9.51. The first-order valence-corrected chi connectivity index (χ1v) is 6.93. The Labute approximate surface area is 133 Å². The third kappa shape index (κ3) is 3.26. The van der Waals surface area contributed by atoms with Gasteiger partial charge in [0.2, 0.25) is 0 Å². The summed E-state index contributed by atoms with van der Waals surface area (Å²) in [5.74, 6) is -1.12. The number of halogens is 3. The number of nitrogens with one attached hydrogen (secondary N) is 1. The molecule has 0 fully saturated rings. The summed E-state index contributed by atoms with van der Waals surface area (Å²) >= 11 is 7.84. The van der Waals surface area contributed by atoms with Crippen LogP contribution in [0, 0.1) is 20.7 Å². The van der Waals surface area contributed by atoms with Gasteiger partial charge in [0.25, 0.3) is 5.91 Å². The SMILES string of the molecule is N#Cc1ccc(NC(=O)c2cc(Cl)ccc2I)c(F)c1. The monoisotopic (exact) mass is 400 g/mol. The Bertz CT molecular complexity index is 728. The Morgan fingerprint density at radius 1 is 1.30 bits per heavy atom. The molecular weight excluding hydrogens is 394 g/mol. The molecule has 0 spiro atoms. The van der Waals surface area contributed by atoms with E-state index in [1.807, 2.05) is 28.7 Å². The first-order valence-electron chi connectivity index (χ1n) is 5.47. The molecule has 0 heterocycles. The number of hydrogen-bond acceptors (Lipinski definition) is 2. The van der Waals surface area contributed by atoms with Crippen molar-refractivity contribution in [3.8, 4) is 6.07 Å². The maximum absolute atomic E-state index is 13.7.